The van der Waals surface area contributed by atoms with Crippen molar-refractivity contribution in [2.45, 2.75) is 6.10 Å². The highest BCUT2D eigenvalue weighted by Gasteiger charge is 2.18. The first kappa shape index (κ1) is 8.33. The van der Waals surface area contributed by atoms with Gasteiger partial charge in [-0.3, -0.25) is 0 Å². The molecule has 10 heavy (non-hydrogen) atoms. The summed E-state index contributed by atoms with van der Waals surface area (Å²) in [7, 11) is 0. The van der Waals surface area contributed by atoms with Gasteiger partial charge in [-0.05, 0) is 6.26 Å². The molecule has 0 bridgehead atoms. The van der Waals surface area contributed by atoms with Crippen molar-refractivity contribution in [3.05, 3.63) is 0 Å². The van der Waals surface area contributed by atoms with Crippen LogP contribution < -0.4 is 0 Å². The molecule has 0 aromatic carbocycles. The van der Waals surface area contributed by atoms with Gasteiger partial charge in [0, 0.05) is 13.1 Å². The van der Waals surface area contributed by atoms with Gasteiger partial charge in [0.15, 0.2) is 0 Å². The van der Waals surface area contributed by atoms with Crippen LogP contribution in [-0.2, 0) is 4.74 Å². The van der Waals surface area contributed by atoms with Gasteiger partial charge in [0.05, 0.1) is 19.3 Å². The third-order valence-electron chi connectivity index (χ3n) is 1.56. The van der Waals surface area contributed by atoms with E-state index >= 15 is 0 Å². The van der Waals surface area contributed by atoms with Crippen molar-refractivity contribution in [3.63, 3.8) is 0 Å². The van der Waals surface area contributed by atoms with Crippen molar-refractivity contribution >= 4 is 11.9 Å². The Morgan fingerprint density at radius 2 is 2.60 bits per heavy atom. The quantitative estimate of drug-likeness (QED) is 0.579. The second-order valence-corrected chi connectivity index (χ2v) is 3.13. The normalized spacial score (nSPS) is 28.8. The molecular formula is C6H13NO2S. The van der Waals surface area contributed by atoms with Crippen LogP contribution >= 0.6 is 11.9 Å². The van der Waals surface area contributed by atoms with E-state index in [2.05, 4.69) is 4.31 Å². The van der Waals surface area contributed by atoms with Gasteiger partial charge >= 0.3 is 0 Å². The number of hydrogen-bond acceptors (Lipinski definition) is 4. The summed E-state index contributed by atoms with van der Waals surface area (Å²) in [4.78, 5) is 0. The highest BCUT2D eigenvalue weighted by atomic mass is 32.2. The number of morpholine rings is 1. The van der Waals surface area contributed by atoms with Gasteiger partial charge in [-0.15, -0.1) is 0 Å². The molecular weight excluding hydrogens is 150 g/mol. The van der Waals surface area contributed by atoms with Crippen LogP contribution in [0.25, 0.3) is 0 Å². The smallest absolute Gasteiger partial charge is 0.0942 e. The molecule has 0 aromatic rings. The number of aliphatic hydroxyl groups excluding tert-OH is 1. The van der Waals surface area contributed by atoms with Gasteiger partial charge < -0.3 is 9.84 Å². The molecule has 1 aliphatic heterocycles. The molecule has 0 aromatic heterocycles. The number of nitrogens with zero attached hydrogens (tertiary/aromatic N) is 1. The van der Waals surface area contributed by atoms with E-state index < -0.39 is 0 Å². The highest BCUT2D eigenvalue weighted by molar-refractivity contribution is 7.96. The monoisotopic (exact) mass is 163 g/mol. The van der Waals surface area contributed by atoms with Crippen LogP contribution in [0.2, 0.25) is 0 Å². The maximum atomic E-state index is 8.74. The summed E-state index contributed by atoms with van der Waals surface area (Å²) in [6.07, 6.45) is 2.07. The van der Waals surface area contributed by atoms with E-state index in [1.165, 1.54) is 0 Å². The van der Waals surface area contributed by atoms with Crippen LogP contribution in [-0.4, -0.2) is 48.1 Å². The number of ether oxygens (including phenoxy) is 1. The molecule has 1 N–H and O–H groups in total. The lowest BCUT2D eigenvalue weighted by atomic mass is 10.3. The lowest BCUT2D eigenvalue weighted by Crippen LogP contribution is -2.40. The minimum absolute atomic E-state index is 0.0289. The molecule has 1 unspecified atom stereocenters. The van der Waals surface area contributed by atoms with Crippen molar-refractivity contribution < 1.29 is 9.84 Å². The van der Waals surface area contributed by atoms with E-state index in [0.29, 0.717) is 0 Å². The average molecular weight is 163 g/mol. The largest absolute Gasteiger partial charge is 0.394 e. The Balaban J connectivity index is 2.25. The van der Waals surface area contributed by atoms with Crippen LogP contribution in [0.4, 0.5) is 0 Å². The van der Waals surface area contributed by atoms with E-state index in [1.807, 2.05) is 6.26 Å². The van der Waals surface area contributed by atoms with Crippen LogP contribution in [0, 0.1) is 0 Å². The Labute approximate surface area is 65.5 Å². The molecule has 0 saturated carbocycles. The molecule has 3 nitrogen and oxygen atoms in total. The fraction of sp³-hybridized carbons (Fsp3) is 1.00. The van der Waals surface area contributed by atoms with Gasteiger partial charge in [0.1, 0.15) is 0 Å². The van der Waals surface area contributed by atoms with Gasteiger partial charge in [-0.1, -0.05) is 11.9 Å². The molecule has 60 valence electrons. The molecule has 0 aliphatic carbocycles. The molecule has 1 heterocycles. The van der Waals surface area contributed by atoms with Crippen LogP contribution in [0.3, 0.4) is 0 Å². The lowest BCUT2D eigenvalue weighted by molar-refractivity contribution is -0.0279. The summed E-state index contributed by atoms with van der Waals surface area (Å²) in [6, 6.07) is 0. The summed E-state index contributed by atoms with van der Waals surface area (Å²) >= 11 is 1.71. The van der Waals surface area contributed by atoms with Crippen LogP contribution in [0.1, 0.15) is 0 Å². The molecule has 1 saturated heterocycles. The minimum atomic E-state index is 0.0289. The van der Waals surface area contributed by atoms with E-state index in [9.17, 15) is 0 Å². The fourth-order valence-corrected chi connectivity index (χ4v) is 1.54. The Kier molecular flexibility index (Phi) is 3.48. The third kappa shape index (κ3) is 2.12. The predicted octanol–water partition coefficient (Wildman–Crippen LogP) is -0.0425. The molecule has 0 amide bonds. The summed E-state index contributed by atoms with van der Waals surface area (Å²) in [5.41, 5.74) is 0. The molecule has 1 rings (SSSR count). The van der Waals surface area contributed by atoms with Gasteiger partial charge in [-0.2, -0.15) is 0 Å². The second kappa shape index (κ2) is 4.18. The third-order valence-corrected chi connectivity index (χ3v) is 2.41. The van der Waals surface area contributed by atoms with E-state index in [1.54, 1.807) is 11.9 Å². The number of hydrogen-bond donors (Lipinski definition) is 1. The van der Waals surface area contributed by atoms with Crippen molar-refractivity contribution in [1.82, 2.24) is 4.31 Å². The first-order chi connectivity index (χ1) is 4.86. The summed E-state index contributed by atoms with van der Waals surface area (Å²) in [6.45, 7) is 2.69. The minimum Gasteiger partial charge on any atom is -0.394 e. The Bertz CT molecular complexity index is 91.7. The molecule has 4 heteroatoms. The Morgan fingerprint density at radius 1 is 1.80 bits per heavy atom. The SMILES string of the molecule is CSN1CCOC(CO)C1. The number of aliphatic hydroxyl groups is 1. The first-order valence-electron chi connectivity index (χ1n) is 3.38. The molecule has 1 fully saturated rings. The van der Waals surface area contributed by atoms with E-state index in [0.717, 1.165) is 19.7 Å². The highest BCUT2D eigenvalue weighted by Crippen LogP contribution is 2.11. The van der Waals surface area contributed by atoms with Crippen LogP contribution in [0.5, 0.6) is 0 Å². The maximum absolute atomic E-state index is 8.74. The first-order valence-corrected chi connectivity index (χ1v) is 4.56. The standard InChI is InChI=1S/C6H13NO2S/c1-10-7-2-3-9-6(4-7)5-8/h6,8H,2-5H2,1H3. The van der Waals surface area contributed by atoms with Crippen molar-refractivity contribution in [2.24, 2.45) is 0 Å². The molecule has 0 radical (unpaired) electrons. The van der Waals surface area contributed by atoms with Crippen LogP contribution in [0.15, 0.2) is 0 Å². The fourth-order valence-electron chi connectivity index (χ4n) is 0.969. The van der Waals surface area contributed by atoms with Gasteiger partial charge in [0.2, 0.25) is 0 Å². The Morgan fingerprint density at radius 3 is 3.20 bits per heavy atom. The average Bonchev–Trinajstić information content (AvgIpc) is 2.05. The molecule has 1 atom stereocenters. The van der Waals surface area contributed by atoms with Gasteiger partial charge in [-0.25, -0.2) is 4.31 Å². The van der Waals surface area contributed by atoms with E-state index in [4.69, 9.17) is 9.84 Å². The summed E-state index contributed by atoms with van der Waals surface area (Å²) < 4.78 is 7.45. The molecule has 1 aliphatic rings. The zero-order chi connectivity index (χ0) is 7.40. The summed E-state index contributed by atoms with van der Waals surface area (Å²) in [5, 5.41) is 8.74. The van der Waals surface area contributed by atoms with E-state index in [-0.39, 0.29) is 12.7 Å². The lowest BCUT2D eigenvalue weighted by Gasteiger charge is -2.29. The van der Waals surface area contributed by atoms with Crippen molar-refractivity contribution in [2.75, 3.05) is 32.6 Å². The topological polar surface area (TPSA) is 32.7 Å². The summed E-state index contributed by atoms with van der Waals surface area (Å²) in [5.74, 6) is 0. The van der Waals surface area contributed by atoms with Crippen molar-refractivity contribution in [3.8, 4) is 0 Å². The van der Waals surface area contributed by atoms with Gasteiger partial charge in [0.25, 0.3) is 0 Å². The Hall–Kier alpha value is 0.230. The maximum Gasteiger partial charge on any atom is 0.0942 e. The number of rotatable bonds is 2. The zero-order valence-electron chi connectivity index (χ0n) is 6.12. The zero-order valence-corrected chi connectivity index (χ0v) is 6.93. The second-order valence-electron chi connectivity index (χ2n) is 2.25. The van der Waals surface area contributed by atoms with Crippen molar-refractivity contribution in [1.29, 1.82) is 0 Å². The predicted molar refractivity (Wildman–Crippen MR) is 41.9 cm³/mol. The molecule has 0 spiro atoms.